The number of benzene rings is 1. The molecule has 0 saturated carbocycles. The Kier molecular flexibility index (Phi) is 6.78. The highest BCUT2D eigenvalue weighted by Crippen LogP contribution is 2.11. The molecule has 0 bridgehead atoms. The van der Waals surface area contributed by atoms with Crippen molar-refractivity contribution < 1.29 is 14.6 Å². The van der Waals surface area contributed by atoms with E-state index in [9.17, 15) is 4.79 Å². The Balaban J connectivity index is 2.83. The number of aryl methyl sites for hydroxylation is 1. The number of carbonyl (C=O) groups excluding carboxylic acids is 1. The third-order valence-corrected chi connectivity index (χ3v) is 2.78. The van der Waals surface area contributed by atoms with Gasteiger partial charge in [0.25, 0.3) is 5.91 Å². The Morgan fingerprint density at radius 3 is 2.90 bits per heavy atom. The van der Waals surface area contributed by atoms with Crippen LogP contribution < -0.4 is 5.32 Å². The second kappa shape index (κ2) is 8.36. The Morgan fingerprint density at radius 2 is 2.25 bits per heavy atom. The van der Waals surface area contributed by atoms with Gasteiger partial charge < -0.3 is 15.2 Å². The molecule has 0 aromatic heterocycles. The summed E-state index contributed by atoms with van der Waals surface area (Å²) in [5.74, 6) is 5.47. The fourth-order valence-electron chi connectivity index (χ4n) is 1.80. The third-order valence-electron chi connectivity index (χ3n) is 2.78. The summed E-state index contributed by atoms with van der Waals surface area (Å²) in [6, 6.07) is 5.49. The molecule has 1 amide bonds. The van der Waals surface area contributed by atoms with Crippen LogP contribution in [0.2, 0.25) is 0 Å². The third kappa shape index (κ3) is 5.04. The Hall–Kier alpha value is -1.83. The van der Waals surface area contributed by atoms with Crippen LogP contribution in [-0.2, 0) is 4.74 Å². The summed E-state index contributed by atoms with van der Waals surface area (Å²) in [6.07, 6.45) is 0. The first-order valence-corrected chi connectivity index (χ1v) is 6.56. The molecule has 1 aromatic rings. The second-order valence-corrected chi connectivity index (χ2v) is 4.78. The zero-order chi connectivity index (χ0) is 15.0. The summed E-state index contributed by atoms with van der Waals surface area (Å²) < 4.78 is 5.04. The fourth-order valence-corrected chi connectivity index (χ4v) is 1.80. The quantitative estimate of drug-likeness (QED) is 0.798. The number of methoxy groups -OCH3 is 1. The molecule has 20 heavy (non-hydrogen) atoms. The van der Waals surface area contributed by atoms with E-state index in [1.165, 1.54) is 0 Å². The molecule has 4 heteroatoms. The summed E-state index contributed by atoms with van der Waals surface area (Å²) in [4.78, 5) is 12.2. The molecule has 1 unspecified atom stereocenters. The van der Waals surface area contributed by atoms with Crippen molar-refractivity contribution in [3.05, 3.63) is 34.9 Å². The molecule has 1 atom stereocenters. The van der Waals surface area contributed by atoms with Gasteiger partial charge >= 0.3 is 0 Å². The molecule has 4 nitrogen and oxygen atoms in total. The molecular weight excluding hydrogens is 254 g/mol. The molecular formula is C16H21NO3. The number of nitrogens with one attached hydrogen (secondary N) is 1. The van der Waals surface area contributed by atoms with Crippen molar-refractivity contribution >= 4 is 5.91 Å². The number of carbonyl (C=O) groups is 1. The maximum absolute atomic E-state index is 12.2. The maximum Gasteiger partial charge on any atom is 0.252 e. The van der Waals surface area contributed by atoms with E-state index in [1.54, 1.807) is 19.2 Å². The van der Waals surface area contributed by atoms with Crippen LogP contribution in [0.3, 0.4) is 0 Å². The van der Waals surface area contributed by atoms with Crippen molar-refractivity contribution in [2.75, 3.05) is 26.9 Å². The normalized spacial score (nSPS) is 11.4. The Labute approximate surface area is 120 Å². The van der Waals surface area contributed by atoms with E-state index in [0.717, 1.165) is 5.56 Å². The monoisotopic (exact) mass is 275 g/mol. The Morgan fingerprint density at radius 1 is 1.50 bits per heavy atom. The lowest BCUT2D eigenvalue weighted by molar-refractivity contribution is 0.0933. The van der Waals surface area contributed by atoms with Crippen LogP contribution in [0, 0.1) is 24.7 Å². The van der Waals surface area contributed by atoms with Gasteiger partial charge in [-0.05, 0) is 25.0 Å². The van der Waals surface area contributed by atoms with E-state index >= 15 is 0 Å². The van der Waals surface area contributed by atoms with Gasteiger partial charge in [-0.15, -0.1) is 0 Å². The van der Waals surface area contributed by atoms with Gasteiger partial charge in [0.15, 0.2) is 0 Å². The fraction of sp³-hybridized carbons (Fsp3) is 0.438. The average molecular weight is 275 g/mol. The Bertz CT molecular complexity index is 514. The zero-order valence-electron chi connectivity index (χ0n) is 12.2. The van der Waals surface area contributed by atoms with Crippen LogP contribution in [0.15, 0.2) is 18.2 Å². The summed E-state index contributed by atoms with van der Waals surface area (Å²) in [7, 11) is 1.64. The first kappa shape index (κ1) is 16.2. The van der Waals surface area contributed by atoms with Crippen molar-refractivity contribution in [1.29, 1.82) is 0 Å². The lowest BCUT2D eigenvalue weighted by atomic mass is 10.0. The number of aliphatic hydroxyl groups excluding tert-OH is 1. The lowest BCUT2D eigenvalue weighted by Crippen LogP contribution is -2.30. The van der Waals surface area contributed by atoms with Gasteiger partial charge in [0.1, 0.15) is 6.61 Å². The van der Waals surface area contributed by atoms with Crippen LogP contribution in [-0.4, -0.2) is 37.9 Å². The minimum Gasteiger partial charge on any atom is -0.384 e. The largest absolute Gasteiger partial charge is 0.384 e. The molecule has 0 aliphatic heterocycles. The van der Waals surface area contributed by atoms with E-state index in [1.807, 2.05) is 19.9 Å². The number of ether oxygens (including phenoxy) is 1. The van der Waals surface area contributed by atoms with Crippen molar-refractivity contribution in [3.8, 4) is 11.8 Å². The van der Waals surface area contributed by atoms with Gasteiger partial charge in [-0.1, -0.05) is 30.4 Å². The van der Waals surface area contributed by atoms with Crippen molar-refractivity contribution in [3.63, 3.8) is 0 Å². The van der Waals surface area contributed by atoms with Crippen LogP contribution in [0.5, 0.6) is 0 Å². The van der Waals surface area contributed by atoms with Crippen molar-refractivity contribution in [2.24, 2.45) is 5.92 Å². The number of amides is 1. The molecule has 0 saturated heterocycles. The second-order valence-electron chi connectivity index (χ2n) is 4.78. The van der Waals surface area contributed by atoms with Gasteiger partial charge in [-0.3, -0.25) is 4.79 Å². The first-order chi connectivity index (χ1) is 9.58. The smallest absolute Gasteiger partial charge is 0.252 e. The number of hydrogen-bond donors (Lipinski definition) is 2. The predicted octanol–water partition coefficient (Wildman–Crippen LogP) is 1.35. The molecule has 1 aromatic carbocycles. The van der Waals surface area contributed by atoms with E-state index in [-0.39, 0.29) is 18.4 Å². The topological polar surface area (TPSA) is 58.6 Å². The molecule has 0 spiro atoms. The molecule has 1 rings (SSSR count). The molecule has 0 aliphatic carbocycles. The minimum absolute atomic E-state index is 0.154. The van der Waals surface area contributed by atoms with Crippen LogP contribution >= 0.6 is 0 Å². The first-order valence-electron chi connectivity index (χ1n) is 6.56. The van der Waals surface area contributed by atoms with Crippen LogP contribution in [0.4, 0.5) is 0 Å². The highest BCUT2D eigenvalue weighted by molar-refractivity contribution is 5.96. The molecule has 108 valence electrons. The zero-order valence-corrected chi connectivity index (χ0v) is 12.2. The van der Waals surface area contributed by atoms with E-state index in [0.29, 0.717) is 24.3 Å². The highest BCUT2D eigenvalue weighted by atomic mass is 16.5. The molecule has 2 N–H and O–H groups in total. The minimum atomic E-state index is -0.222. The lowest BCUT2D eigenvalue weighted by Gasteiger charge is -2.12. The standard InChI is InChI=1S/C16H21NO3/c1-12-6-7-14(5-4-8-18)15(9-12)16(19)17-10-13(2)11-20-3/h6-7,9,13,18H,8,10-11H2,1-3H3,(H,17,19). The maximum atomic E-state index is 12.2. The number of rotatable bonds is 5. The molecule has 0 radical (unpaired) electrons. The molecule has 0 heterocycles. The van der Waals surface area contributed by atoms with Gasteiger partial charge in [-0.25, -0.2) is 0 Å². The van der Waals surface area contributed by atoms with Crippen molar-refractivity contribution in [2.45, 2.75) is 13.8 Å². The number of hydrogen-bond acceptors (Lipinski definition) is 3. The van der Waals surface area contributed by atoms with Crippen molar-refractivity contribution in [1.82, 2.24) is 5.32 Å². The number of aliphatic hydroxyl groups is 1. The molecule has 0 fully saturated rings. The average Bonchev–Trinajstić information content (AvgIpc) is 2.43. The van der Waals surface area contributed by atoms with Gasteiger partial charge in [0.2, 0.25) is 0 Å². The highest BCUT2D eigenvalue weighted by Gasteiger charge is 2.11. The predicted molar refractivity (Wildman–Crippen MR) is 78.5 cm³/mol. The van der Waals surface area contributed by atoms with E-state index < -0.39 is 0 Å². The van der Waals surface area contributed by atoms with Gasteiger partial charge in [0, 0.05) is 19.2 Å². The summed E-state index contributed by atoms with van der Waals surface area (Å²) in [6.45, 7) is 4.86. The SMILES string of the molecule is COCC(C)CNC(=O)c1cc(C)ccc1C#CCO. The summed E-state index contributed by atoms with van der Waals surface area (Å²) in [5.41, 5.74) is 2.16. The van der Waals surface area contributed by atoms with E-state index in [2.05, 4.69) is 17.2 Å². The van der Waals surface area contributed by atoms with Crippen LogP contribution in [0.25, 0.3) is 0 Å². The van der Waals surface area contributed by atoms with E-state index in [4.69, 9.17) is 9.84 Å². The van der Waals surface area contributed by atoms with Gasteiger partial charge in [0.05, 0.1) is 12.2 Å². The van der Waals surface area contributed by atoms with Crippen LogP contribution in [0.1, 0.15) is 28.4 Å². The summed E-state index contributed by atoms with van der Waals surface area (Å²) >= 11 is 0. The summed E-state index contributed by atoms with van der Waals surface area (Å²) in [5, 5.41) is 11.6. The van der Waals surface area contributed by atoms with Gasteiger partial charge in [-0.2, -0.15) is 0 Å². The molecule has 0 aliphatic rings.